The molecule has 1 aliphatic rings. The van der Waals surface area contributed by atoms with E-state index in [1.807, 2.05) is 37.3 Å². The highest BCUT2D eigenvalue weighted by Gasteiger charge is 2.21. The Kier molecular flexibility index (Phi) is 3.38. The maximum absolute atomic E-state index is 12.6. The van der Waals surface area contributed by atoms with Crippen LogP contribution >= 0.6 is 15.9 Å². The molecule has 2 heterocycles. The van der Waals surface area contributed by atoms with Crippen LogP contribution in [-0.2, 0) is 0 Å². The van der Waals surface area contributed by atoms with Gasteiger partial charge in [-0.25, -0.2) is 9.67 Å². The molecule has 0 fully saturated rings. The average molecular weight is 384 g/mol. The number of ketones is 1. The van der Waals surface area contributed by atoms with Crippen LogP contribution in [0.2, 0.25) is 0 Å². The van der Waals surface area contributed by atoms with Crippen molar-refractivity contribution in [3.05, 3.63) is 58.0 Å². The molecule has 0 amide bonds. The third-order valence-electron chi connectivity index (χ3n) is 4.00. The number of benzene rings is 1. The Bertz CT molecular complexity index is 1040. The number of aromatic nitrogens is 4. The van der Waals surface area contributed by atoms with Crippen LogP contribution < -0.4 is 5.73 Å². The van der Waals surface area contributed by atoms with Gasteiger partial charge in [-0.3, -0.25) is 4.79 Å². The molecular formula is C17H14BrN5O. The molecule has 24 heavy (non-hydrogen) atoms. The molecule has 0 atom stereocenters. The van der Waals surface area contributed by atoms with Crippen LogP contribution in [0.25, 0.3) is 16.7 Å². The van der Waals surface area contributed by atoms with E-state index in [2.05, 4.69) is 31.0 Å². The number of aryl methyl sites for hydroxylation is 1. The smallest absolute Gasteiger partial charge is 0.194 e. The lowest BCUT2D eigenvalue weighted by Gasteiger charge is -2.05. The van der Waals surface area contributed by atoms with E-state index in [9.17, 15) is 4.79 Å². The van der Waals surface area contributed by atoms with Gasteiger partial charge in [0.1, 0.15) is 11.6 Å². The number of nitrogen functional groups attached to an aromatic ring is 1. The molecule has 0 spiro atoms. The summed E-state index contributed by atoms with van der Waals surface area (Å²) in [6.07, 6.45) is 5.89. The Morgan fingerprint density at radius 2 is 2.25 bits per heavy atom. The Morgan fingerprint density at radius 3 is 3.00 bits per heavy atom. The number of allylic oxidation sites excluding steroid dienone is 4. The number of nitrogens with zero attached hydrogens (tertiary/aromatic N) is 3. The maximum Gasteiger partial charge on any atom is 0.194 e. The number of hydrogen-bond donors (Lipinski definition) is 2. The molecule has 0 aliphatic heterocycles. The van der Waals surface area contributed by atoms with Gasteiger partial charge in [0.15, 0.2) is 5.78 Å². The van der Waals surface area contributed by atoms with Crippen LogP contribution in [0.5, 0.6) is 0 Å². The van der Waals surface area contributed by atoms with Crippen molar-refractivity contribution in [1.29, 1.82) is 0 Å². The Labute approximate surface area is 146 Å². The molecule has 4 rings (SSSR count). The van der Waals surface area contributed by atoms with E-state index < -0.39 is 0 Å². The molecule has 0 saturated carbocycles. The summed E-state index contributed by atoms with van der Waals surface area (Å²) in [5, 5.41) is 4.29. The zero-order valence-corrected chi connectivity index (χ0v) is 14.5. The van der Waals surface area contributed by atoms with Crippen molar-refractivity contribution in [1.82, 2.24) is 19.7 Å². The zero-order chi connectivity index (χ0) is 16.8. The molecule has 2 aromatic heterocycles. The lowest BCUT2D eigenvalue weighted by Crippen LogP contribution is -2.07. The van der Waals surface area contributed by atoms with Crippen molar-refractivity contribution in [3.63, 3.8) is 0 Å². The number of carbonyl (C=O) groups is 1. The number of H-pyrrole nitrogens is 1. The molecule has 0 bridgehead atoms. The van der Waals surface area contributed by atoms with E-state index in [1.165, 1.54) is 6.20 Å². The second-order valence-corrected chi connectivity index (χ2v) is 6.59. The molecule has 1 aromatic carbocycles. The first-order chi connectivity index (χ1) is 11.5. The van der Waals surface area contributed by atoms with Gasteiger partial charge in [0.05, 0.1) is 28.5 Å². The van der Waals surface area contributed by atoms with Gasteiger partial charge in [-0.1, -0.05) is 22.0 Å². The van der Waals surface area contributed by atoms with Crippen molar-refractivity contribution in [3.8, 4) is 5.69 Å². The molecule has 0 unspecified atom stereocenters. The monoisotopic (exact) mass is 383 g/mol. The predicted octanol–water partition coefficient (Wildman–Crippen LogP) is 3.43. The average Bonchev–Trinajstić information content (AvgIpc) is 3.23. The first-order valence-electron chi connectivity index (χ1n) is 7.44. The summed E-state index contributed by atoms with van der Waals surface area (Å²) < 4.78 is 2.48. The number of carbonyl (C=O) groups excluding carboxylic acids is 1. The van der Waals surface area contributed by atoms with E-state index >= 15 is 0 Å². The standard InChI is InChI=1S/C17H14BrN5O/c1-9-21-14-5-4-12(7-15(14)22-9)23-17(19)13(8-20-23)16(24)10-2-3-11(18)6-10/h3-8H,2,19H2,1H3,(H,21,22). The van der Waals surface area contributed by atoms with Crippen LogP contribution in [0, 0.1) is 6.92 Å². The van der Waals surface area contributed by atoms with E-state index in [4.69, 9.17) is 5.73 Å². The number of rotatable bonds is 3. The number of fused-ring (bicyclic) bond motifs is 1. The van der Waals surface area contributed by atoms with Crippen molar-refractivity contribution in [2.45, 2.75) is 13.3 Å². The molecule has 120 valence electrons. The van der Waals surface area contributed by atoms with Crippen LogP contribution in [0.15, 0.2) is 46.6 Å². The van der Waals surface area contributed by atoms with Crippen molar-refractivity contribution in [2.24, 2.45) is 0 Å². The van der Waals surface area contributed by atoms with Gasteiger partial charge in [0.2, 0.25) is 0 Å². The fraction of sp³-hybridized carbons (Fsp3) is 0.118. The minimum atomic E-state index is -0.0945. The molecular weight excluding hydrogens is 370 g/mol. The van der Waals surface area contributed by atoms with Crippen LogP contribution in [0.1, 0.15) is 22.6 Å². The highest BCUT2D eigenvalue weighted by Crippen LogP contribution is 2.28. The van der Waals surface area contributed by atoms with Gasteiger partial charge in [0.25, 0.3) is 0 Å². The summed E-state index contributed by atoms with van der Waals surface area (Å²) in [7, 11) is 0. The van der Waals surface area contributed by atoms with E-state index in [-0.39, 0.29) is 5.78 Å². The number of halogens is 1. The molecule has 7 heteroatoms. The third-order valence-corrected chi connectivity index (χ3v) is 4.55. The Balaban J connectivity index is 1.73. The fourth-order valence-electron chi connectivity index (χ4n) is 2.82. The number of Topliss-reactive ketones (excluding diaryl/α,β-unsaturated/α-hetero) is 1. The summed E-state index contributed by atoms with van der Waals surface area (Å²) in [6.45, 7) is 1.90. The van der Waals surface area contributed by atoms with E-state index in [1.54, 1.807) is 4.68 Å². The number of nitrogens with two attached hydrogens (primary N) is 1. The van der Waals surface area contributed by atoms with Gasteiger partial charge < -0.3 is 10.7 Å². The first-order valence-corrected chi connectivity index (χ1v) is 8.23. The molecule has 1 aliphatic carbocycles. The number of nitrogens with one attached hydrogen (secondary N) is 1. The SMILES string of the molecule is Cc1nc2ccc(-n3ncc(C(=O)C4=CC(Br)=CC4)c3N)cc2[nH]1. The third kappa shape index (κ3) is 2.37. The lowest BCUT2D eigenvalue weighted by molar-refractivity contribution is 0.103. The van der Waals surface area contributed by atoms with Gasteiger partial charge in [-0.05, 0) is 37.6 Å². The molecule has 3 aromatic rings. The molecule has 0 saturated heterocycles. The number of hydrogen-bond acceptors (Lipinski definition) is 4. The second-order valence-electron chi connectivity index (χ2n) is 5.67. The maximum atomic E-state index is 12.6. The summed E-state index contributed by atoms with van der Waals surface area (Å²) in [6, 6.07) is 5.70. The zero-order valence-electron chi connectivity index (χ0n) is 12.9. The summed E-state index contributed by atoms with van der Waals surface area (Å²) in [4.78, 5) is 20.2. The number of anilines is 1. The fourth-order valence-corrected chi connectivity index (χ4v) is 3.26. The van der Waals surface area contributed by atoms with Gasteiger partial charge in [0, 0.05) is 10.1 Å². The van der Waals surface area contributed by atoms with Gasteiger partial charge in [-0.15, -0.1) is 0 Å². The topological polar surface area (TPSA) is 89.6 Å². The van der Waals surface area contributed by atoms with Crippen molar-refractivity contribution < 1.29 is 4.79 Å². The molecule has 6 nitrogen and oxygen atoms in total. The van der Waals surface area contributed by atoms with Gasteiger partial charge >= 0.3 is 0 Å². The molecule has 3 N–H and O–H groups in total. The van der Waals surface area contributed by atoms with Crippen molar-refractivity contribution in [2.75, 3.05) is 5.73 Å². The Hall–Kier alpha value is -2.67. The number of imidazole rings is 1. The summed E-state index contributed by atoms with van der Waals surface area (Å²) >= 11 is 3.38. The lowest BCUT2D eigenvalue weighted by atomic mass is 10.1. The van der Waals surface area contributed by atoms with Crippen molar-refractivity contribution >= 4 is 38.6 Å². The largest absolute Gasteiger partial charge is 0.383 e. The minimum Gasteiger partial charge on any atom is -0.383 e. The van der Waals surface area contributed by atoms with Crippen LogP contribution in [-0.4, -0.2) is 25.5 Å². The van der Waals surface area contributed by atoms with E-state index in [0.717, 1.165) is 27.0 Å². The molecule has 0 radical (unpaired) electrons. The normalized spacial score (nSPS) is 14.1. The predicted molar refractivity (Wildman–Crippen MR) is 96.4 cm³/mol. The highest BCUT2D eigenvalue weighted by molar-refractivity contribution is 9.11. The number of aromatic amines is 1. The van der Waals surface area contributed by atoms with Crippen LogP contribution in [0.4, 0.5) is 5.82 Å². The second kappa shape index (κ2) is 5.45. The summed E-state index contributed by atoms with van der Waals surface area (Å²) in [5.74, 6) is 1.08. The Morgan fingerprint density at radius 1 is 1.42 bits per heavy atom. The summed E-state index contributed by atoms with van der Waals surface area (Å²) in [5.41, 5.74) is 9.86. The van der Waals surface area contributed by atoms with Crippen LogP contribution in [0.3, 0.4) is 0 Å². The highest BCUT2D eigenvalue weighted by atomic mass is 79.9. The van der Waals surface area contributed by atoms with Gasteiger partial charge in [-0.2, -0.15) is 5.10 Å². The first kappa shape index (κ1) is 14.9. The quantitative estimate of drug-likeness (QED) is 0.677. The van der Waals surface area contributed by atoms with E-state index in [0.29, 0.717) is 23.4 Å². The minimum absolute atomic E-state index is 0.0945.